The van der Waals surface area contributed by atoms with E-state index < -0.39 is 10.0 Å². The molecule has 0 atom stereocenters. The Morgan fingerprint density at radius 1 is 1.26 bits per heavy atom. The van der Waals surface area contributed by atoms with Crippen molar-refractivity contribution in [1.29, 1.82) is 0 Å². The molecular weight excluding hydrogens is 368 g/mol. The second kappa shape index (κ2) is 9.03. The lowest BCUT2D eigenvalue weighted by Crippen LogP contribution is -2.40. The number of rotatable bonds is 7. The van der Waals surface area contributed by atoms with E-state index >= 15 is 0 Å². The number of amides is 1. The summed E-state index contributed by atoms with van der Waals surface area (Å²) in [6, 6.07) is 5.14. The maximum atomic E-state index is 12.9. The van der Waals surface area contributed by atoms with E-state index in [-0.39, 0.29) is 16.8 Å². The highest BCUT2D eigenvalue weighted by atomic mass is 32.2. The molecule has 150 valence electrons. The molecule has 2 fully saturated rings. The number of hydrogen-bond acceptors (Lipinski definition) is 5. The normalized spacial score (nSPS) is 19.1. The molecular formula is C19H28N2O5S. The zero-order valence-electron chi connectivity index (χ0n) is 15.8. The van der Waals surface area contributed by atoms with Gasteiger partial charge in [-0.05, 0) is 43.0 Å². The minimum absolute atomic E-state index is 0.00499. The first-order valence-corrected chi connectivity index (χ1v) is 11.0. The van der Waals surface area contributed by atoms with Crippen molar-refractivity contribution >= 4 is 15.9 Å². The van der Waals surface area contributed by atoms with Gasteiger partial charge in [-0.15, -0.1) is 0 Å². The molecule has 1 aromatic carbocycles. The largest absolute Gasteiger partial charge is 0.496 e. The van der Waals surface area contributed by atoms with Gasteiger partial charge >= 0.3 is 0 Å². The predicted octanol–water partition coefficient (Wildman–Crippen LogP) is 1.71. The second-order valence-corrected chi connectivity index (χ2v) is 8.98. The summed E-state index contributed by atoms with van der Waals surface area (Å²) in [7, 11) is -2.02. The van der Waals surface area contributed by atoms with Crippen LogP contribution < -0.4 is 10.1 Å². The predicted molar refractivity (Wildman–Crippen MR) is 101 cm³/mol. The third-order valence-corrected chi connectivity index (χ3v) is 7.10. The number of nitrogens with one attached hydrogen (secondary N) is 1. The zero-order valence-corrected chi connectivity index (χ0v) is 16.6. The van der Waals surface area contributed by atoms with Crippen molar-refractivity contribution in [2.45, 2.75) is 49.5 Å². The van der Waals surface area contributed by atoms with E-state index in [4.69, 9.17) is 9.47 Å². The number of benzene rings is 1. The van der Waals surface area contributed by atoms with E-state index in [0.717, 1.165) is 18.4 Å². The highest BCUT2D eigenvalue weighted by molar-refractivity contribution is 7.89. The monoisotopic (exact) mass is 396 g/mol. The minimum Gasteiger partial charge on any atom is -0.496 e. The van der Waals surface area contributed by atoms with Crippen molar-refractivity contribution in [3.63, 3.8) is 0 Å². The van der Waals surface area contributed by atoms with Crippen molar-refractivity contribution in [2.75, 3.05) is 33.4 Å². The highest BCUT2D eigenvalue weighted by Gasteiger charge is 2.27. The van der Waals surface area contributed by atoms with Crippen LogP contribution in [0.25, 0.3) is 0 Å². The smallest absolute Gasteiger partial charge is 0.243 e. The van der Waals surface area contributed by atoms with Gasteiger partial charge in [-0.25, -0.2) is 8.42 Å². The molecule has 1 aromatic rings. The lowest BCUT2D eigenvalue weighted by atomic mass is 10.1. The molecule has 0 aromatic heterocycles. The van der Waals surface area contributed by atoms with E-state index in [0.29, 0.717) is 44.9 Å². The Morgan fingerprint density at radius 2 is 1.96 bits per heavy atom. The summed E-state index contributed by atoms with van der Waals surface area (Å²) in [6.07, 6.45) is 5.17. The van der Waals surface area contributed by atoms with Crippen LogP contribution in [-0.2, 0) is 26.0 Å². The third kappa shape index (κ3) is 5.00. The molecule has 1 saturated carbocycles. The molecule has 0 unspecified atom stereocenters. The van der Waals surface area contributed by atoms with Gasteiger partial charge in [-0.1, -0.05) is 12.8 Å². The maximum Gasteiger partial charge on any atom is 0.243 e. The first-order chi connectivity index (χ1) is 13.0. The van der Waals surface area contributed by atoms with Gasteiger partial charge in [0.05, 0.1) is 25.2 Å². The summed E-state index contributed by atoms with van der Waals surface area (Å²) in [5.41, 5.74) is 0.730. The average molecular weight is 397 g/mol. The van der Waals surface area contributed by atoms with Gasteiger partial charge in [-0.3, -0.25) is 4.79 Å². The lowest BCUT2D eigenvalue weighted by molar-refractivity contribution is -0.121. The number of nitrogens with zero attached hydrogens (tertiary/aromatic N) is 1. The van der Waals surface area contributed by atoms with Gasteiger partial charge in [0, 0.05) is 25.6 Å². The fourth-order valence-corrected chi connectivity index (χ4v) is 5.12. The number of aryl methyl sites for hydroxylation is 1. The molecule has 0 spiro atoms. The first kappa shape index (κ1) is 20.1. The van der Waals surface area contributed by atoms with E-state index in [9.17, 15) is 13.2 Å². The van der Waals surface area contributed by atoms with Crippen LogP contribution in [0, 0.1) is 0 Å². The molecule has 1 saturated heterocycles. The summed E-state index contributed by atoms with van der Waals surface area (Å²) in [5.74, 6) is 0.606. The van der Waals surface area contributed by atoms with Crippen molar-refractivity contribution in [2.24, 2.45) is 0 Å². The van der Waals surface area contributed by atoms with E-state index in [1.807, 2.05) is 0 Å². The summed E-state index contributed by atoms with van der Waals surface area (Å²) in [4.78, 5) is 12.4. The number of ether oxygens (including phenoxy) is 2. The molecule has 1 aliphatic carbocycles. The Kier molecular flexibility index (Phi) is 6.73. The Hall–Kier alpha value is -1.64. The van der Waals surface area contributed by atoms with Gasteiger partial charge in [0.1, 0.15) is 5.75 Å². The summed E-state index contributed by atoms with van der Waals surface area (Å²) in [5, 5.41) is 3.06. The van der Waals surface area contributed by atoms with Gasteiger partial charge in [-0.2, -0.15) is 4.31 Å². The lowest BCUT2D eigenvalue weighted by Gasteiger charge is -2.26. The maximum absolute atomic E-state index is 12.9. The van der Waals surface area contributed by atoms with E-state index in [2.05, 4.69) is 5.32 Å². The summed E-state index contributed by atoms with van der Waals surface area (Å²) < 4.78 is 37.8. The van der Waals surface area contributed by atoms with Gasteiger partial charge < -0.3 is 14.8 Å². The average Bonchev–Trinajstić information content (AvgIpc) is 3.19. The quantitative estimate of drug-likeness (QED) is 0.758. The van der Waals surface area contributed by atoms with Gasteiger partial charge in [0.25, 0.3) is 0 Å². The van der Waals surface area contributed by atoms with Crippen LogP contribution >= 0.6 is 0 Å². The number of carbonyl (C=O) groups excluding carboxylic acids is 1. The molecule has 1 amide bonds. The molecule has 3 rings (SSSR count). The van der Waals surface area contributed by atoms with Crippen LogP contribution in [0.15, 0.2) is 23.1 Å². The van der Waals surface area contributed by atoms with Gasteiger partial charge in [0.15, 0.2) is 0 Å². The summed E-state index contributed by atoms with van der Waals surface area (Å²) in [6.45, 7) is 1.52. The highest BCUT2D eigenvalue weighted by Crippen LogP contribution is 2.26. The standard InChI is InChI=1S/C19H28N2O5S/c1-25-18-8-7-17(27(23,24)21-10-12-26-13-11-21)14-15(18)6-9-19(22)20-16-4-2-3-5-16/h7-8,14,16H,2-6,9-13H2,1H3,(H,20,22). The van der Waals surface area contributed by atoms with E-state index in [1.54, 1.807) is 25.3 Å². The minimum atomic E-state index is -3.57. The van der Waals surface area contributed by atoms with Crippen LogP contribution in [0.2, 0.25) is 0 Å². The topological polar surface area (TPSA) is 84.9 Å². The van der Waals surface area contributed by atoms with Crippen molar-refractivity contribution < 1.29 is 22.7 Å². The fraction of sp³-hybridized carbons (Fsp3) is 0.632. The Morgan fingerprint density at radius 3 is 2.63 bits per heavy atom. The molecule has 8 heteroatoms. The number of sulfonamides is 1. The van der Waals surface area contributed by atoms with Crippen molar-refractivity contribution in [3.05, 3.63) is 23.8 Å². The Balaban J connectivity index is 1.70. The number of hydrogen-bond donors (Lipinski definition) is 1. The van der Waals surface area contributed by atoms with Crippen LogP contribution in [0.5, 0.6) is 5.75 Å². The molecule has 1 heterocycles. The third-order valence-electron chi connectivity index (χ3n) is 5.20. The first-order valence-electron chi connectivity index (χ1n) is 9.55. The van der Waals surface area contributed by atoms with E-state index in [1.165, 1.54) is 17.1 Å². The van der Waals surface area contributed by atoms with Crippen molar-refractivity contribution in [3.8, 4) is 5.75 Å². The molecule has 2 aliphatic rings. The molecule has 0 bridgehead atoms. The Labute approximate surface area is 161 Å². The Bertz CT molecular complexity index is 753. The van der Waals surface area contributed by atoms with Crippen LogP contribution in [0.3, 0.4) is 0 Å². The van der Waals surface area contributed by atoms with Crippen LogP contribution in [0.4, 0.5) is 0 Å². The SMILES string of the molecule is COc1ccc(S(=O)(=O)N2CCOCC2)cc1CCC(=O)NC1CCCC1. The zero-order chi connectivity index (χ0) is 19.3. The van der Waals surface area contributed by atoms with Crippen LogP contribution in [0.1, 0.15) is 37.7 Å². The summed E-state index contributed by atoms with van der Waals surface area (Å²) >= 11 is 0. The number of morpholine rings is 1. The fourth-order valence-electron chi connectivity index (χ4n) is 3.66. The van der Waals surface area contributed by atoms with Crippen LogP contribution in [-0.4, -0.2) is 58.1 Å². The van der Waals surface area contributed by atoms with Crippen molar-refractivity contribution in [1.82, 2.24) is 9.62 Å². The second-order valence-electron chi connectivity index (χ2n) is 7.04. The molecule has 27 heavy (non-hydrogen) atoms. The molecule has 1 N–H and O–H groups in total. The number of methoxy groups -OCH3 is 1. The molecule has 1 aliphatic heterocycles. The number of carbonyl (C=O) groups is 1. The molecule has 7 nitrogen and oxygen atoms in total. The van der Waals surface area contributed by atoms with Gasteiger partial charge in [0.2, 0.25) is 15.9 Å². The molecule has 0 radical (unpaired) electrons.